The standard InChI is InChI=1S/C16H12ClF2N5O/c17-9-3-1-8(2-4-9)16(5-6-16)11-10(7-21-15(20)22-11)13-23-24-14(25-13)12(18)19/h1-4,7,12H,5-6H2,(H2,20,21,22). The number of alkyl halides is 2. The highest BCUT2D eigenvalue weighted by Crippen LogP contribution is 2.55. The first kappa shape index (κ1) is 15.9. The molecule has 2 N–H and O–H groups in total. The molecule has 2 aromatic heterocycles. The highest BCUT2D eigenvalue weighted by atomic mass is 35.5. The van der Waals surface area contributed by atoms with Gasteiger partial charge in [0.2, 0.25) is 5.95 Å². The number of hydrogen-bond acceptors (Lipinski definition) is 6. The van der Waals surface area contributed by atoms with Crippen molar-refractivity contribution in [3.05, 3.63) is 52.6 Å². The van der Waals surface area contributed by atoms with Gasteiger partial charge >= 0.3 is 6.43 Å². The summed E-state index contributed by atoms with van der Waals surface area (Å²) in [6.45, 7) is 0. The van der Waals surface area contributed by atoms with Gasteiger partial charge < -0.3 is 10.2 Å². The highest BCUT2D eigenvalue weighted by molar-refractivity contribution is 6.30. The van der Waals surface area contributed by atoms with E-state index in [0.29, 0.717) is 16.3 Å². The summed E-state index contributed by atoms with van der Waals surface area (Å²) in [7, 11) is 0. The molecule has 4 rings (SSSR count). The van der Waals surface area contributed by atoms with Crippen molar-refractivity contribution >= 4 is 17.5 Å². The number of benzene rings is 1. The van der Waals surface area contributed by atoms with Crippen molar-refractivity contribution in [1.29, 1.82) is 0 Å². The van der Waals surface area contributed by atoms with Gasteiger partial charge in [-0.15, -0.1) is 10.2 Å². The van der Waals surface area contributed by atoms with Crippen LogP contribution < -0.4 is 5.73 Å². The average molecular weight is 364 g/mol. The second-order valence-electron chi connectivity index (χ2n) is 5.83. The van der Waals surface area contributed by atoms with Gasteiger partial charge in [0.1, 0.15) is 0 Å². The normalized spacial score (nSPS) is 15.5. The van der Waals surface area contributed by atoms with Crippen LogP contribution in [0.2, 0.25) is 5.02 Å². The van der Waals surface area contributed by atoms with Crippen molar-refractivity contribution in [1.82, 2.24) is 20.2 Å². The van der Waals surface area contributed by atoms with E-state index in [0.717, 1.165) is 18.4 Å². The van der Waals surface area contributed by atoms with E-state index < -0.39 is 17.7 Å². The molecule has 1 aliphatic carbocycles. The van der Waals surface area contributed by atoms with Gasteiger partial charge in [-0.1, -0.05) is 23.7 Å². The summed E-state index contributed by atoms with van der Waals surface area (Å²) in [5.41, 5.74) is 7.36. The lowest BCUT2D eigenvalue weighted by Crippen LogP contribution is -2.14. The van der Waals surface area contributed by atoms with Gasteiger partial charge in [-0.3, -0.25) is 0 Å². The topological polar surface area (TPSA) is 90.7 Å². The van der Waals surface area contributed by atoms with Gasteiger partial charge in [0, 0.05) is 16.6 Å². The first-order chi connectivity index (χ1) is 12.0. The Morgan fingerprint density at radius 1 is 1.16 bits per heavy atom. The SMILES string of the molecule is Nc1ncc(-c2nnc(C(F)F)o2)c(C2(c3ccc(Cl)cc3)CC2)n1. The van der Waals surface area contributed by atoms with Crippen molar-refractivity contribution < 1.29 is 13.2 Å². The maximum atomic E-state index is 12.7. The number of nitrogens with zero attached hydrogens (tertiary/aromatic N) is 4. The summed E-state index contributed by atoms with van der Waals surface area (Å²) in [5.74, 6) is -0.702. The maximum absolute atomic E-state index is 12.7. The molecule has 0 amide bonds. The lowest BCUT2D eigenvalue weighted by molar-refractivity contribution is 0.116. The van der Waals surface area contributed by atoms with E-state index in [-0.39, 0.29) is 11.8 Å². The van der Waals surface area contributed by atoms with Crippen LogP contribution in [-0.4, -0.2) is 20.2 Å². The van der Waals surface area contributed by atoms with E-state index >= 15 is 0 Å². The molecule has 6 nitrogen and oxygen atoms in total. The molecule has 1 fully saturated rings. The molecule has 0 radical (unpaired) electrons. The zero-order valence-corrected chi connectivity index (χ0v) is 13.5. The average Bonchev–Trinajstić information content (AvgIpc) is 3.24. The molecule has 0 spiro atoms. The molecule has 1 aliphatic rings. The molecule has 0 aliphatic heterocycles. The van der Waals surface area contributed by atoms with Crippen molar-refractivity contribution in [2.24, 2.45) is 0 Å². The molecule has 9 heteroatoms. The number of halogens is 3. The van der Waals surface area contributed by atoms with Crippen LogP contribution in [0.4, 0.5) is 14.7 Å². The highest BCUT2D eigenvalue weighted by Gasteiger charge is 2.49. The molecule has 2 heterocycles. The minimum Gasteiger partial charge on any atom is -0.415 e. The van der Waals surface area contributed by atoms with E-state index in [4.69, 9.17) is 21.8 Å². The van der Waals surface area contributed by atoms with Gasteiger partial charge in [0.15, 0.2) is 0 Å². The van der Waals surface area contributed by atoms with E-state index in [9.17, 15) is 8.78 Å². The quantitative estimate of drug-likeness (QED) is 0.758. The minimum atomic E-state index is -2.84. The Morgan fingerprint density at radius 3 is 2.48 bits per heavy atom. The second-order valence-corrected chi connectivity index (χ2v) is 6.26. The molecule has 1 aromatic carbocycles. The summed E-state index contributed by atoms with van der Waals surface area (Å²) in [6, 6.07) is 7.41. The summed E-state index contributed by atoms with van der Waals surface area (Å²) in [6.07, 6.45) is 0.240. The van der Waals surface area contributed by atoms with Crippen molar-refractivity contribution in [2.75, 3.05) is 5.73 Å². The summed E-state index contributed by atoms with van der Waals surface area (Å²) in [5, 5.41) is 7.71. The number of aromatic nitrogens is 4. The Kier molecular flexibility index (Phi) is 3.64. The van der Waals surface area contributed by atoms with Crippen LogP contribution in [0, 0.1) is 0 Å². The number of rotatable bonds is 4. The Morgan fingerprint density at radius 2 is 1.88 bits per heavy atom. The molecule has 0 saturated heterocycles. The summed E-state index contributed by atoms with van der Waals surface area (Å²) >= 11 is 5.96. The van der Waals surface area contributed by atoms with Crippen LogP contribution in [-0.2, 0) is 5.41 Å². The molecule has 3 aromatic rings. The molecule has 0 unspecified atom stereocenters. The van der Waals surface area contributed by atoms with Crippen LogP contribution in [0.5, 0.6) is 0 Å². The molecule has 1 saturated carbocycles. The van der Waals surface area contributed by atoms with Crippen LogP contribution in [0.25, 0.3) is 11.5 Å². The van der Waals surface area contributed by atoms with Crippen LogP contribution in [0.3, 0.4) is 0 Å². The Balaban J connectivity index is 1.84. The lowest BCUT2D eigenvalue weighted by Gasteiger charge is -2.18. The van der Waals surface area contributed by atoms with Crippen LogP contribution in [0.1, 0.15) is 36.4 Å². The fraction of sp³-hybridized carbons (Fsp3) is 0.250. The molecule has 25 heavy (non-hydrogen) atoms. The summed E-state index contributed by atoms with van der Waals surface area (Å²) in [4.78, 5) is 8.30. The first-order valence-electron chi connectivity index (χ1n) is 7.50. The van der Waals surface area contributed by atoms with E-state index in [1.54, 1.807) is 12.1 Å². The van der Waals surface area contributed by atoms with Crippen molar-refractivity contribution in [3.63, 3.8) is 0 Å². The smallest absolute Gasteiger partial charge is 0.314 e. The molecular weight excluding hydrogens is 352 g/mol. The Labute approximate surface area is 146 Å². The largest absolute Gasteiger partial charge is 0.415 e. The van der Waals surface area contributed by atoms with E-state index in [1.165, 1.54) is 6.20 Å². The third kappa shape index (κ3) is 2.72. The monoisotopic (exact) mass is 363 g/mol. The van der Waals surface area contributed by atoms with Gasteiger partial charge in [0.25, 0.3) is 11.8 Å². The van der Waals surface area contributed by atoms with E-state index in [1.807, 2.05) is 12.1 Å². The van der Waals surface area contributed by atoms with Crippen molar-refractivity contribution in [2.45, 2.75) is 24.7 Å². The Hall–Kier alpha value is -2.61. The van der Waals surface area contributed by atoms with Crippen LogP contribution in [0.15, 0.2) is 34.9 Å². The third-order valence-corrected chi connectivity index (χ3v) is 4.52. The Bertz CT molecular complexity index is 925. The first-order valence-corrected chi connectivity index (χ1v) is 7.88. The van der Waals surface area contributed by atoms with Crippen molar-refractivity contribution in [3.8, 4) is 11.5 Å². The van der Waals surface area contributed by atoms with Crippen LogP contribution >= 0.6 is 11.6 Å². The third-order valence-electron chi connectivity index (χ3n) is 4.27. The predicted octanol–water partition coefficient (Wildman–Crippen LogP) is 3.78. The fourth-order valence-corrected chi connectivity index (χ4v) is 3.03. The number of anilines is 1. The maximum Gasteiger partial charge on any atom is 0.314 e. The second kappa shape index (κ2) is 5.73. The number of nitrogens with two attached hydrogens (primary N) is 1. The number of nitrogen functional groups attached to an aromatic ring is 1. The summed E-state index contributed by atoms with van der Waals surface area (Å²) < 4.78 is 30.6. The molecule has 0 atom stereocenters. The minimum absolute atomic E-state index is 0.0504. The molecular formula is C16H12ClF2N5O. The molecule has 128 valence electrons. The fourth-order valence-electron chi connectivity index (χ4n) is 2.90. The lowest BCUT2D eigenvalue weighted by atomic mass is 9.89. The van der Waals surface area contributed by atoms with Gasteiger partial charge in [0.05, 0.1) is 11.3 Å². The van der Waals surface area contributed by atoms with Gasteiger partial charge in [-0.2, -0.15) is 8.78 Å². The predicted molar refractivity (Wildman–Crippen MR) is 86.2 cm³/mol. The zero-order valence-electron chi connectivity index (χ0n) is 12.8. The zero-order chi connectivity index (χ0) is 17.6. The van der Waals surface area contributed by atoms with Gasteiger partial charge in [-0.05, 0) is 30.5 Å². The van der Waals surface area contributed by atoms with Gasteiger partial charge in [-0.25, -0.2) is 9.97 Å². The molecule has 0 bridgehead atoms. The van der Waals surface area contributed by atoms with E-state index in [2.05, 4.69) is 20.2 Å². The number of hydrogen-bond donors (Lipinski definition) is 1.